The highest BCUT2D eigenvalue weighted by atomic mass is 19.4. The third-order valence-corrected chi connectivity index (χ3v) is 6.10. The largest absolute Gasteiger partial charge is 0.493 e. The van der Waals surface area contributed by atoms with Gasteiger partial charge in [0.05, 0.1) is 17.9 Å². The van der Waals surface area contributed by atoms with E-state index in [4.69, 9.17) is 4.74 Å². The minimum Gasteiger partial charge on any atom is -0.493 e. The van der Waals surface area contributed by atoms with Crippen molar-refractivity contribution in [2.45, 2.75) is 45.2 Å². The van der Waals surface area contributed by atoms with Gasteiger partial charge in [0.1, 0.15) is 17.4 Å². The molecule has 0 amide bonds. The van der Waals surface area contributed by atoms with Crippen molar-refractivity contribution in [3.05, 3.63) is 95.2 Å². The molecule has 1 heterocycles. The zero-order chi connectivity index (χ0) is 25.7. The molecule has 4 rings (SSSR count). The van der Waals surface area contributed by atoms with Crippen LogP contribution in [0.2, 0.25) is 0 Å². The van der Waals surface area contributed by atoms with Crippen LogP contribution in [0, 0.1) is 11.6 Å². The molecule has 2 nitrogen and oxygen atoms in total. The van der Waals surface area contributed by atoms with Gasteiger partial charge in [-0.15, -0.1) is 0 Å². The van der Waals surface area contributed by atoms with Crippen LogP contribution in [0.25, 0.3) is 22.0 Å². The van der Waals surface area contributed by atoms with Gasteiger partial charge in [0.25, 0.3) is 0 Å². The molecule has 0 atom stereocenters. The summed E-state index contributed by atoms with van der Waals surface area (Å²) in [5.41, 5.74) is 1.03. The number of alkyl halides is 3. The Labute approximate surface area is 206 Å². The Kier molecular flexibility index (Phi) is 7.87. The lowest BCUT2D eigenvalue weighted by molar-refractivity contribution is -0.140. The smallest absolute Gasteiger partial charge is 0.419 e. The minimum atomic E-state index is -4.75. The molecule has 0 saturated carbocycles. The Bertz CT molecular complexity index is 1350. The Hall–Kier alpha value is -3.48. The van der Waals surface area contributed by atoms with Crippen molar-refractivity contribution < 1.29 is 26.7 Å². The van der Waals surface area contributed by atoms with Crippen molar-refractivity contribution in [2.24, 2.45) is 0 Å². The highest BCUT2D eigenvalue weighted by Gasteiger charge is 2.33. The van der Waals surface area contributed by atoms with E-state index in [9.17, 15) is 17.6 Å². The first-order chi connectivity index (χ1) is 17.3. The molecular formula is C29H26F5NO. The number of pyridine rings is 1. The Balaban J connectivity index is 1.49. The van der Waals surface area contributed by atoms with Crippen LogP contribution in [-0.2, 0) is 19.0 Å². The van der Waals surface area contributed by atoms with Gasteiger partial charge >= 0.3 is 6.18 Å². The van der Waals surface area contributed by atoms with Crippen LogP contribution >= 0.6 is 0 Å². The van der Waals surface area contributed by atoms with E-state index < -0.39 is 23.4 Å². The number of rotatable bonds is 9. The summed E-state index contributed by atoms with van der Waals surface area (Å²) < 4.78 is 73.2. The number of hydrogen-bond acceptors (Lipinski definition) is 2. The Morgan fingerprint density at radius 3 is 2.44 bits per heavy atom. The second kappa shape index (κ2) is 11.1. The van der Waals surface area contributed by atoms with Crippen LogP contribution in [0.1, 0.15) is 42.9 Å². The molecule has 0 aliphatic heterocycles. The average Bonchev–Trinajstić information content (AvgIpc) is 2.85. The summed E-state index contributed by atoms with van der Waals surface area (Å²) >= 11 is 0. The molecule has 0 aliphatic rings. The molecular weight excluding hydrogens is 473 g/mol. The van der Waals surface area contributed by atoms with Crippen molar-refractivity contribution in [2.75, 3.05) is 6.61 Å². The summed E-state index contributed by atoms with van der Waals surface area (Å²) in [4.78, 5) is 4.42. The Morgan fingerprint density at radius 2 is 1.69 bits per heavy atom. The van der Waals surface area contributed by atoms with Crippen molar-refractivity contribution in [3.8, 4) is 17.0 Å². The maximum atomic E-state index is 15.2. The zero-order valence-electron chi connectivity index (χ0n) is 19.8. The standard InChI is InChI=1S/C29H26F5NO/c1-2-3-4-15-36-23-13-14-35-27(18-23)22-10-11-24-21(17-22)9-8-20(28(24)31)7-5-19-6-12-25(26(30)16-19)29(32,33)34/h6,8-14,16-18H,2-5,7,15H2,1H3. The molecule has 0 aliphatic carbocycles. The third kappa shape index (κ3) is 6.01. The van der Waals surface area contributed by atoms with Gasteiger partial charge in [-0.05, 0) is 60.0 Å². The SMILES string of the molecule is CCCCCOc1ccnc(-c2ccc3c(F)c(CCc4ccc(C(F)(F)F)c(F)c4)ccc3c2)c1. The molecule has 0 radical (unpaired) electrons. The lowest BCUT2D eigenvalue weighted by atomic mass is 9.98. The fourth-order valence-corrected chi connectivity index (χ4v) is 4.11. The van der Waals surface area contributed by atoms with Gasteiger partial charge in [0.15, 0.2) is 0 Å². The fraction of sp³-hybridized carbons (Fsp3) is 0.276. The fourth-order valence-electron chi connectivity index (χ4n) is 4.11. The first kappa shape index (κ1) is 25.6. The monoisotopic (exact) mass is 499 g/mol. The van der Waals surface area contributed by atoms with Crippen molar-refractivity contribution in [3.63, 3.8) is 0 Å². The summed E-state index contributed by atoms with van der Waals surface area (Å²) in [5, 5.41) is 1.13. The zero-order valence-corrected chi connectivity index (χ0v) is 19.8. The molecule has 0 unspecified atom stereocenters. The number of fused-ring (bicyclic) bond motifs is 1. The van der Waals surface area contributed by atoms with E-state index in [1.54, 1.807) is 30.5 Å². The summed E-state index contributed by atoms with van der Waals surface area (Å²) in [6.07, 6.45) is 0.593. The van der Waals surface area contributed by atoms with Gasteiger partial charge in [-0.2, -0.15) is 13.2 Å². The summed E-state index contributed by atoms with van der Waals surface area (Å²) in [6, 6.07) is 15.3. The van der Waals surface area contributed by atoms with Crippen LogP contribution in [-0.4, -0.2) is 11.6 Å². The number of hydrogen-bond donors (Lipinski definition) is 0. The number of benzene rings is 3. The van der Waals surface area contributed by atoms with Crippen LogP contribution in [0.15, 0.2) is 66.9 Å². The van der Waals surface area contributed by atoms with E-state index >= 15 is 4.39 Å². The summed E-state index contributed by atoms with van der Waals surface area (Å²) in [5.74, 6) is -0.986. The first-order valence-corrected chi connectivity index (χ1v) is 11.9. The van der Waals surface area contributed by atoms with Crippen molar-refractivity contribution in [1.82, 2.24) is 4.98 Å². The molecule has 7 heteroatoms. The predicted molar refractivity (Wildman–Crippen MR) is 131 cm³/mol. The van der Waals surface area contributed by atoms with Gasteiger partial charge in [-0.25, -0.2) is 8.78 Å². The second-order valence-corrected chi connectivity index (χ2v) is 8.72. The number of aryl methyl sites for hydroxylation is 2. The lowest BCUT2D eigenvalue weighted by Crippen LogP contribution is -2.08. The molecule has 0 N–H and O–H groups in total. The number of halogens is 5. The van der Waals surface area contributed by atoms with E-state index in [1.807, 2.05) is 18.2 Å². The van der Waals surface area contributed by atoms with E-state index in [0.29, 0.717) is 28.5 Å². The van der Waals surface area contributed by atoms with E-state index in [2.05, 4.69) is 11.9 Å². The molecule has 0 spiro atoms. The molecule has 36 heavy (non-hydrogen) atoms. The van der Waals surface area contributed by atoms with E-state index in [-0.39, 0.29) is 12.8 Å². The maximum absolute atomic E-state index is 15.2. The third-order valence-electron chi connectivity index (χ3n) is 6.10. The van der Waals surface area contributed by atoms with E-state index in [0.717, 1.165) is 48.4 Å². The number of unbranched alkanes of at least 4 members (excludes halogenated alkanes) is 2. The molecule has 4 aromatic rings. The normalized spacial score (nSPS) is 11.7. The summed E-state index contributed by atoms with van der Waals surface area (Å²) in [6.45, 7) is 2.78. The molecule has 0 saturated heterocycles. The minimum absolute atomic E-state index is 0.213. The second-order valence-electron chi connectivity index (χ2n) is 8.72. The number of aromatic nitrogens is 1. The quantitative estimate of drug-likeness (QED) is 0.170. The van der Waals surface area contributed by atoms with Gasteiger partial charge < -0.3 is 4.74 Å². The predicted octanol–water partition coefficient (Wildman–Crippen LogP) is 8.55. The van der Waals surface area contributed by atoms with E-state index in [1.165, 1.54) is 6.07 Å². The molecule has 0 fully saturated rings. The van der Waals surface area contributed by atoms with Gasteiger partial charge in [-0.3, -0.25) is 4.98 Å². The molecule has 3 aromatic carbocycles. The lowest BCUT2D eigenvalue weighted by Gasteiger charge is -2.11. The van der Waals surface area contributed by atoms with Gasteiger partial charge in [-0.1, -0.05) is 50.1 Å². The van der Waals surface area contributed by atoms with Crippen LogP contribution < -0.4 is 4.74 Å². The van der Waals surface area contributed by atoms with Crippen LogP contribution in [0.4, 0.5) is 22.0 Å². The van der Waals surface area contributed by atoms with Gasteiger partial charge in [0.2, 0.25) is 0 Å². The van der Waals surface area contributed by atoms with Crippen molar-refractivity contribution >= 4 is 10.8 Å². The highest BCUT2D eigenvalue weighted by Crippen LogP contribution is 2.32. The van der Waals surface area contributed by atoms with Gasteiger partial charge in [0, 0.05) is 23.2 Å². The topological polar surface area (TPSA) is 22.1 Å². The number of nitrogens with zero attached hydrogens (tertiary/aromatic N) is 1. The van der Waals surface area contributed by atoms with Crippen LogP contribution in [0.5, 0.6) is 5.75 Å². The van der Waals surface area contributed by atoms with Crippen molar-refractivity contribution in [1.29, 1.82) is 0 Å². The Morgan fingerprint density at radius 1 is 0.861 bits per heavy atom. The highest BCUT2D eigenvalue weighted by molar-refractivity contribution is 5.88. The molecule has 188 valence electrons. The average molecular weight is 500 g/mol. The summed E-state index contributed by atoms with van der Waals surface area (Å²) in [7, 11) is 0. The molecule has 0 bridgehead atoms. The molecule has 1 aromatic heterocycles. The maximum Gasteiger partial charge on any atom is 0.419 e. The van der Waals surface area contributed by atoms with Crippen LogP contribution in [0.3, 0.4) is 0 Å². The first-order valence-electron chi connectivity index (χ1n) is 11.9. The number of ether oxygens (including phenoxy) is 1.